The summed E-state index contributed by atoms with van der Waals surface area (Å²) in [7, 11) is 0. The highest BCUT2D eigenvalue weighted by atomic mass is 16.4. The first kappa shape index (κ1) is 20.2. The molecular weight excluding hydrogens is 378 g/mol. The summed E-state index contributed by atoms with van der Waals surface area (Å²) in [6, 6.07) is 18.0. The Morgan fingerprint density at radius 2 is 1.60 bits per heavy atom. The minimum Gasteiger partial charge on any atom is -0.477 e. The lowest BCUT2D eigenvalue weighted by Crippen LogP contribution is -2.48. The van der Waals surface area contributed by atoms with Gasteiger partial charge in [0.2, 0.25) is 5.91 Å². The summed E-state index contributed by atoms with van der Waals surface area (Å²) < 4.78 is 1.79. The smallest absolute Gasteiger partial charge is 0.352 e. The van der Waals surface area contributed by atoms with Gasteiger partial charge in [-0.1, -0.05) is 48.5 Å². The third-order valence-corrected chi connectivity index (χ3v) is 5.90. The van der Waals surface area contributed by atoms with Crippen LogP contribution in [0.25, 0.3) is 10.9 Å². The molecule has 0 unspecified atom stereocenters. The van der Waals surface area contributed by atoms with Crippen LogP contribution in [0, 0.1) is 0 Å². The molecule has 0 bridgehead atoms. The molecule has 1 fully saturated rings. The molecule has 6 heteroatoms. The second-order valence-electron chi connectivity index (χ2n) is 7.71. The predicted molar refractivity (Wildman–Crippen MR) is 117 cm³/mol. The van der Waals surface area contributed by atoms with E-state index in [-0.39, 0.29) is 18.0 Å². The van der Waals surface area contributed by atoms with E-state index in [1.807, 2.05) is 54.3 Å². The molecule has 0 atom stereocenters. The van der Waals surface area contributed by atoms with Crippen LogP contribution in [0.3, 0.4) is 0 Å². The van der Waals surface area contributed by atoms with Crippen LogP contribution in [0.4, 0.5) is 0 Å². The van der Waals surface area contributed by atoms with Gasteiger partial charge in [-0.2, -0.15) is 0 Å². The SMILES string of the molecule is CCn1c(C(=O)O)c(CC(=O)N2CCN(Cc3ccccc3)CC2)c2ccccc21. The third kappa shape index (κ3) is 3.96. The molecule has 156 valence electrons. The summed E-state index contributed by atoms with van der Waals surface area (Å²) in [5.74, 6) is -0.987. The number of nitrogens with zero attached hydrogens (tertiary/aromatic N) is 3. The van der Waals surface area contributed by atoms with Crippen molar-refractivity contribution in [2.45, 2.75) is 26.4 Å². The molecule has 1 aromatic heterocycles. The first-order chi connectivity index (χ1) is 14.6. The van der Waals surface area contributed by atoms with E-state index >= 15 is 0 Å². The lowest BCUT2D eigenvalue weighted by molar-refractivity contribution is -0.132. The van der Waals surface area contributed by atoms with E-state index in [0.717, 1.165) is 30.5 Å². The number of aromatic nitrogens is 1. The number of para-hydroxylation sites is 1. The van der Waals surface area contributed by atoms with Gasteiger partial charge in [0.05, 0.1) is 6.42 Å². The van der Waals surface area contributed by atoms with E-state index in [4.69, 9.17) is 0 Å². The third-order valence-electron chi connectivity index (χ3n) is 5.90. The van der Waals surface area contributed by atoms with Gasteiger partial charge in [0, 0.05) is 55.7 Å². The van der Waals surface area contributed by atoms with Crippen molar-refractivity contribution >= 4 is 22.8 Å². The highest BCUT2D eigenvalue weighted by molar-refractivity contribution is 6.00. The van der Waals surface area contributed by atoms with Gasteiger partial charge >= 0.3 is 5.97 Å². The first-order valence-electron chi connectivity index (χ1n) is 10.5. The van der Waals surface area contributed by atoms with Crippen LogP contribution in [0.1, 0.15) is 28.5 Å². The average molecular weight is 405 g/mol. The molecule has 2 aromatic carbocycles. The van der Waals surface area contributed by atoms with E-state index in [1.165, 1.54) is 5.56 Å². The molecule has 1 amide bonds. The fraction of sp³-hybridized carbons (Fsp3) is 0.333. The largest absolute Gasteiger partial charge is 0.477 e. The zero-order valence-electron chi connectivity index (χ0n) is 17.3. The van der Waals surface area contributed by atoms with Crippen molar-refractivity contribution in [1.29, 1.82) is 0 Å². The van der Waals surface area contributed by atoms with Gasteiger partial charge in [0.1, 0.15) is 5.69 Å². The summed E-state index contributed by atoms with van der Waals surface area (Å²) in [6.45, 7) is 6.34. The standard InChI is InChI=1S/C24H27N3O3/c1-2-27-21-11-7-6-10-19(21)20(23(27)24(29)30)16-22(28)26-14-12-25(13-15-26)17-18-8-4-3-5-9-18/h3-11H,2,12-17H2,1H3,(H,29,30). The van der Waals surface area contributed by atoms with Gasteiger partial charge in [-0.15, -0.1) is 0 Å². The Balaban J connectivity index is 1.48. The summed E-state index contributed by atoms with van der Waals surface area (Å²) >= 11 is 0. The van der Waals surface area contributed by atoms with Gasteiger partial charge < -0.3 is 14.6 Å². The summed E-state index contributed by atoms with van der Waals surface area (Å²) in [4.78, 5) is 29.3. The first-order valence-corrected chi connectivity index (χ1v) is 10.5. The second-order valence-corrected chi connectivity index (χ2v) is 7.71. The molecule has 1 saturated heterocycles. The van der Waals surface area contributed by atoms with Crippen LogP contribution in [0.15, 0.2) is 54.6 Å². The molecule has 3 aromatic rings. The Bertz CT molecular complexity index is 1050. The molecule has 1 N–H and O–H groups in total. The highest BCUT2D eigenvalue weighted by Gasteiger charge is 2.26. The predicted octanol–water partition coefficient (Wildman–Crippen LogP) is 3.25. The molecule has 30 heavy (non-hydrogen) atoms. The Morgan fingerprint density at radius 3 is 2.27 bits per heavy atom. The number of fused-ring (bicyclic) bond motifs is 1. The van der Waals surface area contributed by atoms with Gasteiger partial charge in [-0.25, -0.2) is 4.79 Å². The normalized spacial score (nSPS) is 14.9. The number of carboxylic acids is 1. The molecule has 1 aliphatic rings. The van der Waals surface area contributed by atoms with Crippen molar-refractivity contribution in [1.82, 2.24) is 14.4 Å². The number of amides is 1. The van der Waals surface area contributed by atoms with Crippen LogP contribution in [0.2, 0.25) is 0 Å². The number of aromatic carboxylic acids is 1. The van der Waals surface area contributed by atoms with E-state index in [1.54, 1.807) is 4.57 Å². The minimum atomic E-state index is -0.983. The fourth-order valence-electron chi connectivity index (χ4n) is 4.39. The van der Waals surface area contributed by atoms with Crippen molar-refractivity contribution in [3.63, 3.8) is 0 Å². The lowest BCUT2D eigenvalue weighted by atomic mass is 10.1. The minimum absolute atomic E-state index is 0.00383. The molecule has 1 aliphatic heterocycles. The van der Waals surface area contributed by atoms with Crippen molar-refractivity contribution in [2.24, 2.45) is 0 Å². The maximum absolute atomic E-state index is 13.1. The number of aryl methyl sites for hydroxylation is 1. The zero-order valence-corrected chi connectivity index (χ0v) is 17.3. The number of piperazine rings is 1. The molecule has 0 spiro atoms. The summed E-state index contributed by atoms with van der Waals surface area (Å²) in [5, 5.41) is 10.7. The quantitative estimate of drug-likeness (QED) is 0.684. The van der Waals surface area contributed by atoms with Crippen LogP contribution in [0.5, 0.6) is 0 Å². The number of carbonyl (C=O) groups excluding carboxylic acids is 1. The van der Waals surface area contributed by atoms with Crippen molar-refractivity contribution < 1.29 is 14.7 Å². The fourth-order valence-corrected chi connectivity index (χ4v) is 4.39. The van der Waals surface area contributed by atoms with Crippen LogP contribution in [-0.4, -0.2) is 57.5 Å². The topological polar surface area (TPSA) is 65.8 Å². The zero-order chi connectivity index (χ0) is 21.1. The summed E-state index contributed by atoms with van der Waals surface area (Å²) in [5.41, 5.74) is 3.00. The van der Waals surface area contributed by atoms with Crippen molar-refractivity contribution in [3.05, 3.63) is 71.4 Å². The molecule has 4 rings (SSSR count). The maximum atomic E-state index is 13.1. The van der Waals surface area contributed by atoms with Gasteiger partial charge in [0.25, 0.3) is 0 Å². The highest BCUT2D eigenvalue weighted by Crippen LogP contribution is 2.27. The van der Waals surface area contributed by atoms with E-state index in [9.17, 15) is 14.7 Å². The van der Waals surface area contributed by atoms with Gasteiger partial charge in [-0.05, 0) is 18.6 Å². The molecule has 0 aliphatic carbocycles. The number of carbonyl (C=O) groups is 2. The van der Waals surface area contributed by atoms with E-state index in [2.05, 4.69) is 17.0 Å². The van der Waals surface area contributed by atoms with Gasteiger partial charge in [0.15, 0.2) is 0 Å². The second kappa shape index (κ2) is 8.71. The molecule has 2 heterocycles. The summed E-state index contributed by atoms with van der Waals surface area (Å²) in [6.07, 6.45) is 0.119. The number of rotatable bonds is 6. The Hall–Kier alpha value is -3.12. The Morgan fingerprint density at radius 1 is 0.933 bits per heavy atom. The average Bonchev–Trinajstić information content (AvgIpc) is 3.08. The van der Waals surface area contributed by atoms with Crippen LogP contribution >= 0.6 is 0 Å². The van der Waals surface area contributed by atoms with Crippen molar-refractivity contribution in [3.8, 4) is 0 Å². The number of carboxylic acid groups (broad SMARTS) is 1. The maximum Gasteiger partial charge on any atom is 0.352 e. The molecule has 0 radical (unpaired) electrons. The van der Waals surface area contributed by atoms with Crippen LogP contribution < -0.4 is 0 Å². The number of hydrogen-bond donors (Lipinski definition) is 1. The lowest BCUT2D eigenvalue weighted by Gasteiger charge is -2.34. The number of benzene rings is 2. The van der Waals surface area contributed by atoms with Crippen LogP contribution in [-0.2, 0) is 24.3 Å². The van der Waals surface area contributed by atoms with E-state index < -0.39 is 5.97 Å². The number of hydrogen-bond acceptors (Lipinski definition) is 3. The van der Waals surface area contributed by atoms with Crippen molar-refractivity contribution in [2.75, 3.05) is 26.2 Å². The van der Waals surface area contributed by atoms with E-state index in [0.29, 0.717) is 25.2 Å². The molecular formula is C24H27N3O3. The molecule has 0 saturated carbocycles. The molecule has 6 nitrogen and oxygen atoms in total. The Labute approximate surface area is 176 Å². The monoisotopic (exact) mass is 405 g/mol. The van der Waals surface area contributed by atoms with Gasteiger partial charge in [-0.3, -0.25) is 9.69 Å². The Kier molecular flexibility index (Phi) is 5.86.